The molecule has 0 fully saturated rings. The minimum atomic E-state index is 0.318. The third kappa shape index (κ3) is 4.09. The molecule has 13 heavy (non-hydrogen) atoms. The van der Waals surface area contributed by atoms with Crippen molar-refractivity contribution in [2.75, 3.05) is 0 Å². The molecule has 1 heteroatoms. The summed E-state index contributed by atoms with van der Waals surface area (Å²) in [5.41, 5.74) is 7.16. The molecule has 0 saturated carbocycles. The second-order valence-electron chi connectivity index (χ2n) is 4.01. The van der Waals surface area contributed by atoms with Crippen molar-refractivity contribution in [3.8, 4) is 0 Å². The van der Waals surface area contributed by atoms with Crippen LogP contribution in [0.15, 0.2) is 30.3 Å². The normalized spacial score (nSPS) is 15.3. The number of rotatable bonds is 4. The molecule has 2 N–H and O–H groups in total. The highest BCUT2D eigenvalue weighted by Gasteiger charge is 2.05. The largest absolute Gasteiger partial charge is 0.328 e. The van der Waals surface area contributed by atoms with E-state index in [2.05, 4.69) is 44.2 Å². The summed E-state index contributed by atoms with van der Waals surface area (Å²) in [6, 6.07) is 10.9. The molecule has 0 aromatic heterocycles. The molecule has 0 heterocycles. The average Bonchev–Trinajstić information content (AvgIpc) is 2.04. The van der Waals surface area contributed by atoms with Crippen molar-refractivity contribution >= 4 is 0 Å². The minimum absolute atomic E-state index is 0.318. The van der Waals surface area contributed by atoms with Gasteiger partial charge in [-0.05, 0) is 31.2 Å². The molecule has 0 aliphatic heterocycles. The van der Waals surface area contributed by atoms with Gasteiger partial charge in [0.05, 0.1) is 0 Å². The zero-order valence-electron chi connectivity index (χ0n) is 8.53. The summed E-state index contributed by atoms with van der Waals surface area (Å²) in [5.74, 6) is 0.683. The lowest BCUT2D eigenvalue weighted by Crippen LogP contribution is -2.19. The maximum absolute atomic E-state index is 5.75. The van der Waals surface area contributed by atoms with E-state index in [4.69, 9.17) is 5.73 Å². The van der Waals surface area contributed by atoms with Crippen LogP contribution in [-0.2, 0) is 6.42 Å². The molecule has 0 radical (unpaired) electrons. The standard InChI is InChI=1S/C12H19N/c1-10(8-11(2)13)9-12-6-4-3-5-7-12/h3-7,10-11H,8-9,13H2,1-2H3. The van der Waals surface area contributed by atoms with E-state index in [9.17, 15) is 0 Å². The average molecular weight is 177 g/mol. The van der Waals surface area contributed by atoms with Gasteiger partial charge in [0.1, 0.15) is 0 Å². The number of nitrogens with two attached hydrogens (primary N) is 1. The molecule has 1 rings (SSSR count). The van der Waals surface area contributed by atoms with Crippen LogP contribution in [0.2, 0.25) is 0 Å². The summed E-state index contributed by atoms with van der Waals surface area (Å²) in [5, 5.41) is 0. The van der Waals surface area contributed by atoms with Gasteiger partial charge in [-0.3, -0.25) is 0 Å². The molecule has 0 spiro atoms. The smallest absolute Gasteiger partial charge is 0.00131 e. The quantitative estimate of drug-likeness (QED) is 0.751. The maximum Gasteiger partial charge on any atom is 0.00131 e. The van der Waals surface area contributed by atoms with Crippen molar-refractivity contribution < 1.29 is 0 Å². The molecule has 1 aromatic carbocycles. The van der Waals surface area contributed by atoms with Crippen LogP contribution in [-0.4, -0.2) is 6.04 Å². The topological polar surface area (TPSA) is 26.0 Å². The van der Waals surface area contributed by atoms with Gasteiger partial charge >= 0.3 is 0 Å². The van der Waals surface area contributed by atoms with E-state index < -0.39 is 0 Å². The van der Waals surface area contributed by atoms with Gasteiger partial charge < -0.3 is 5.73 Å². The van der Waals surface area contributed by atoms with Crippen LogP contribution in [0.5, 0.6) is 0 Å². The van der Waals surface area contributed by atoms with Gasteiger partial charge in [-0.25, -0.2) is 0 Å². The first-order valence-corrected chi connectivity index (χ1v) is 4.98. The molecule has 2 unspecified atom stereocenters. The van der Waals surface area contributed by atoms with E-state index in [1.54, 1.807) is 0 Å². The van der Waals surface area contributed by atoms with E-state index in [0.29, 0.717) is 12.0 Å². The molecule has 2 atom stereocenters. The molecule has 1 nitrogen and oxygen atoms in total. The first-order chi connectivity index (χ1) is 6.18. The Hall–Kier alpha value is -0.820. The monoisotopic (exact) mass is 177 g/mol. The van der Waals surface area contributed by atoms with E-state index >= 15 is 0 Å². The fourth-order valence-corrected chi connectivity index (χ4v) is 1.73. The van der Waals surface area contributed by atoms with E-state index in [-0.39, 0.29) is 0 Å². The third-order valence-corrected chi connectivity index (χ3v) is 2.20. The lowest BCUT2D eigenvalue weighted by molar-refractivity contribution is 0.480. The van der Waals surface area contributed by atoms with E-state index in [0.717, 1.165) is 12.8 Å². The first kappa shape index (κ1) is 10.3. The lowest BCUT2D eigenvalue weighted by atomic mass is 9.95. The summed E-state index contributed by atoms with van der Waals surface area (Å²) >= 11 is 0. The molecule has 72 valence electrons. The third-order valence-electron chi connectivity index (χ3n) is 2.20. The van der Waals surface area contributed by atoms with Gasteiger partial charge in [-0.2, -0.15) is 0 Å². The Labute approximate surface area is 81.0 Å². The van der Waals surface area contributed by atoms with Crippen LogP contribution in [0.3, 0.4) is 0 Å². The van der Waals surface area contributed by atoms with Gasteiger partial charge in [0.25, 0.3) is 0 Å². The Balaban J connectivity index is 2.41. The fraction of sp³-hybridized carbons (Fsp3) is 0.500. The minimum Gasteiger partial charge on any atom is -0.328 e. The Morgan fingerprint density at radius 3 is 2.31 bits per heavy atom. The summed E-state index contributed by atoms with van der Waals surface area (Å²) in [6.45, 7) is 4.33. The summed E-state index contributed by atoms with van der Waals surface area (Å²) in [4.78, 5) is 0. The predicted octanol–water partition coefficient (Wildman–Crippen LogP) is 2.60. The molecule has 0 bridgehead atoms. The van der Waals surface area contributed by atoms with Gasteiger partial charge in [0.2, 0.25) is 0 Å². The van der Waals surface area contributed by atoms with Gasteiger partial charge in [0.15, 0.2) is 0 Å². The highest BCUT2D eigenvalue weighted by molar-refractivity contribution is 5.15. The second-order valence-corrected chi connectivity index (χ2v) is 4.01. The van der Waals surface area contributed by atoms with Crippen molar-refractivity contribution in [1.82, 2.24) is 0 Å². The zero-order chi connectivity index (χ0) is 9.68. The summed E-state index contributed by atoms with van der Waals surface area (Å²) in [7, 11) is 0. The van der Waals surface area contributed by atoms with Gasteiger partial charge in [-0.1, -0.05) is 37.3 Å². The fourth-order valence-electron chi connectivity index (χ4n) is 1.73. The van der Waals surface area contributed by atoms with E-state index in [1.807, 2.05) is 0 Å². The molecule has 1 aromatic rings. The number of benzene rings is 1. The summed E-state index contributed by atoms with van der Waals surface area (Å²) < 4.78 is 0. The van der Waals surface area contributed by atoms with Crippen LogP contribution in [0.1, 0.15) is 25.8 Å². The highest BCUT2D eigenvalue weighted by atomic mass is 14.6. The van der Waals surface area contributed by atoms with Crippen LogP contribution in [0.4, 0.5) is 0 Å². The van der Waals surface area contributed by atoms with E-state index in [1.165, 1.54) is 5.56 Å². The van der Waals surface area contributed by atoms with Crippen molar-refractivity contribution in [2.24, 2.45) is 11.7 Å². The van der Waals surface area contributed by atoms with Crippen LogP contribution in [0.25, 0.3) is 0 Å². The highest BCUT2D eigenvalue weighted by Crippen LogP contribution is 2.12. The molecule has 0 saturated heterocycles. The Morgan fingerprint density at radius 2 is 1.77 bits per heavy atom. The Bertz CT molecular complexity index is 228. The Kier molecular flexibility index (Phi) is 3.97. The van der Waals surface area contributed by atoms with Crippen molar-refractivity contribution in [3.63, 3.8) is 0 Å². The van der Waals surface area contributed by atoms with Gasteiger partial charge in [0, 0.05) is 6.04 Å². The van der Waals surface area contributed by atoms with Crippen LogP contribution in [0, 0.1) is 5.92 Å². The molecule has 0 aliphatic carbocycles. The van der Waals surface area contributed by atoms with Crippen LogP contribution >= 0.6 is 0 Å². The van der Waals surface area contributed by atoms with Crippen molar-refractivity contribution in [1.29, 1.82) is 0 Å². The molecule has 0 amide bonds. The first-order valence-electron chi connectivity index (χ1n) is 4.98. The van der Waals surface area contributed by atoms with Crippen molar-refractivity contribution in [2.45, 2.75) is 32.7 Å². The second kappa shape index (κ2) is 5.03. The predicted molar refractivity (Wildman–Crippen MR) is 57.6 cm³/mol. The van der Waals surface area contributed by atoms with Crippen molar-refractivity contribution in [3.05, 3.63) is 35.9 Å². The maximum atomic E-state index is 5.75. The SMILES string of the molecule is CC(N)CC(C)Cc1ccccc1. The number of hydrogen-bond donors (Lipinski definition) is 1. The number of hydrogen-bond acceptors (Lipinski definition) is 1. The zero-order valence-corrected chi connectivity index (χ0v) is 8.53. The summed E-state index contributed by atoms with van der Waals surface area (Å²) in [6.07, 6.45) is 2.25. The van der Waals surface area contributed by atoms with Gasteiger partial charge in [-0.15, -0.1) is 0 Å². The van der Waals surface area contributed by atoms with Crippen LogP contribution < -0.4 is 5.73 Å². The lowest BCUT2D eigenvalue weighted by Gasteiger charge is -2.13. The molecular weight excluding hydrogens is 158 g/mol. The Morgan fingerprint density at radius 1 is 1.15 bits per heavy atom. The molecule has 0 aliphatic rings. The molecular formula is C12H19N.